The van der Waals surface area contributed by atoms with E-state index in [0.717, 1.165) is 161 Å². The molecule has 18 heteroatoms. The zero-order valence-corrected chi connectivity index (χ0v) is 57.1. The van der Waals surface area contributed by atoms with Crippen LogP contribution in [0.3, 0.4) is 0 Å². The summed E-state index contributed by atoms with van der Waals surface area (Å²) >= 11 is 5.28. The topological polar surface area (TPSA) is 238 Å². The van der Waals surface area contributed by atoms with Crippen LogP contribution < -0.4 is 16.8 Å². The Balaban J connectivity index is 0.000000209. The summed E-state index contributed by atoms with van der Waals surface area (Å²) < 4.78 is 12.9. The minimum absolute atomic E-state index is 0.290. The predicted molar refractivity (Wildman–Crippen MR) is 398 cm³/mol. The normalized spacial score (nSPS) is 11.1. The van der Waals surface area contributed by atoms with Crippen molar-refractivity contribution >= 4 is 113 Å². The zero-order chi connectivity index (χ0) is 71.6. The van der Waals surface area contributed by atoms with Crippen LogP contribution in [0.5, 0.6) is 0 Å². The summed E-state index contributed by atoms with van der Waals surface area (Å²) in [6.45, 7) is 3.15. The number of imide groups is 1. The largest absolute Gasteiger partial charge is 0.463 e. The molecule has 0 aliphatic carbocycles. The Hall–Kier alpha value is -11.9. The number of benzene rings is 5. The highest BCUT2D eigenvalue weighted by Gasteiger charge is 2.35. The van der Waals surface area contributed by atoms with Gasteiger partial charge in [0.1, 0.15) is 0 Å². The number of carbonyl (C=O) groups excluding carboxylic acids is 6. The molecule has 0 bridgehead atoms. The van der Waals surface area contributed by atoms with Crippen LogP contribution in [0.4, 0.5) is 0 Å². The molecule has 1 aliphatic rings. The van der Waals surface area contributed by atoms with E-state index in [1.807, 2.05) is 151 Å². The number of aromatic nitrogens is 5. The van der Waals surface area contributed by atoms with E-state index in [-0.39, 0.29) is 30.0 Å². The van der Waals surface area contributed by atoms with Crippen molar-refractivity contribution in [2.45, 2.75) is 116 Å². The molecule has 5 aromatic carbocycles. The zero-order valence-electron chi connectivity index (χ0n) is 56.3. The van der Waals surface area contributed by atoms with Crippen molar-refractivity contribution in [1.82, 2.24) is 33.5 Å². The molecule has 0 saturated heterocycles. The lowest BCUT2D eigenvalue weighted by molar-refractivity contribution is -0.135. The Labute approximate surface area is 584 Å². The van der Waals surface area contributed by atoms with Crippen molar-refractivity contribution in [3.05, 3.63) is 180 Å². The number of aromatic amines is 1. The molecular weight excluding hydrogens is 1260 g/mol. The van der Waals surface area contributed by atoms with Crippen LogP contribution in [0.15, 0.2) is 152 Å². The van der Waals surface area contributed by atoms with E-state index in [1.54, 1.807) is 20.3 Å². The molecular formula is C81H83ClN10O7. The van der Waals surface area contributed by atoms with E-state index in [0.29, 0.717) is 48.4 Å². The number of alkyl halides is 1. The summed E-state index contributed by atoms with van der Waals surface area (Å²) in [6.07, 6.45) is 48.5. The molecule has 11 rings (SSSR count). The molecule has 0 fully saturated rings. The number of aryl methyl sites for hydroxylation is 4. The van der Waals surface area contributed by atoms with Crippen molar-refractivity contribution in [3.8, 4) is 67.9 Å². The van der Waals surface area contributed by atoms with Gasteiger partial charge in [-0.1, -0.05) is 91.0 Å². The summed E-state index contributed by atoms with van der Waals surface area (Å²) in [6, 6.07) is 39.4. The second-order valence-corrected chi connectivity index (χ2v) is 23.4. The number of amides is 4. The second-order valence-electron chi connectivity index (χ2n) is 23.1. The van der Waals surface area contributed by atoms with Gasteiger partial charge in [0.05, 0.1) is 36.7 Å². The van der Waals surface area contributed by atoms with Crippen molar-refractivity contribution < 1.29 is 33.5 Å². The number of rotatable bonds is 24. The first-order valence-corrected chi connectivity index (χ1v) is 33.0. The van der Waals surface area contributed by atoms with Gasteiger partial charge in [0.15, 0.2) is 6.19 Å². The molecule has 6 N–H and O–H groups in total. The second kappa shape index (κ2) is 39.9. The van der Waals surface area contributed by atoms with E-state index in [2.05, 4.69) is 64.4 Å². The summed E-state index contributed by atoms with van der Waals surface area (Å²) in [5.74, 6) is 11.0. The van der Waals surface area contributed by atoms with Crippen molar-refractivity contribution in [3.63, 3.8) is 0 Å². The smallest absolute Gasteiger partial charge is 0.379 e. The highest BCUT2D eigenvalue weighted by Crippen LogP contribution is 2.39. The number of H-pyrrole nitrogens is 1. The van der Waals surface area contributed by atoms with E-state index in [4.69, 9.17) is 60.4 Å². The number of nitriles is 1. The molecule has 4 amide bonds. The van der Waals surface area contributed by atoms with Gasteiger partial charge in [0.2, 0.25) is 11.8 Å². The van der Waals surface area contributed by atoms with Crippen molar-refractivity contribution in [2.75, 3.05) is 27.1 Å². The number of methoxy groups -OCH3 is 1. The van der Waals surface area contributed by atoms with Gasteiger partial charge in [0, 0.05) is 175 Å². The van der Waals surface area contributed by atoms with E-state index in [9.17, 15) is 28.8 Å². The van der Waals surface area contributed by atoms with Crippen LogP contribution in [0, 0.1) is 73.2 Å². The third-order valence-electron chi connectivity index (χ3n) is 15.8. The first-order valence-electron chi connectivity index (χ1n) is 32.5. The molecule has 6 heterocycles. The van der Waals surface area contributed by atoms with Gasteiger partial charge in [-0.15, -0.1) is 73.3 Å². The summed E-state index contributed by atoms with van der Waals surface area (Å²) in [5, 5.41) is 15.2. The van der Waals surface area contributed by atoms with Crippen molar-refractivity contribution in [2.24, 2.45) is 11.5 Å². The molecule has 0 atom stereocenters. The number of esters is 1. The summed E-state index contributed by atoms with van der Waals surface area (Å²) in [5.41, 5.74) is 20.3. The Morgan fingerprint density at radius 3 is 1.32 bits per heavy atom. The van der Waals surface area contributed by atoms with E-state index in [1.165, 1.54) is 12.0 Å². The first kappa shape index (κ1) is 76.2. The monoisotopic (exact) mass is 1340 g/mol. The van der Waals surface area contributed by atoms with E-state index >= 15 is 0 Å². The average Bonchev–Trinajstić information content (AvgIpc) is 1.59. The Bertz CT molecular complexity index is 4760. The van der Waals surface area contributed by atoms with Gasteiger partial charge >= 0.3 is 5.97 Å². The number of ether oxygens (including phenoxy) is 1. The number of primary amides is 2. The maximum Gasteiger partial charge on any atom is 0.379 e. The lowest BCUT2D eigenvalue weighted by atomic mass is 9.95. The molecule has 5 aromatic heterocycles. The third kappa shape index (κ3) is 21.3. The van der Waals surface area contributed by atoms with Crippen LogP contribution in [-0.4, -0.2) is 90.6 Å². The van der Waals surface area contributed by atoms with Gasteiger partial charge in [-0.05, 0) is 86.4 Å². The van der Waals surface area contributed by atoms with Crippen LogP contribution in [0.2, 0.25) is 0 Å². The Morgan fingerprint density at radius 2 is 0.879 bits per heavy atom. The third-order valence-corrected chi connectivity index (χ3v) is 16.0. The number of nitrogens with zero attached hydrogens (tertiary/aromatic N) is 6. The fourth-order valence-electron chi connectivity index (χ4n) is 11.2. The molecule has 0 spiro atoms. The quantitative estimate of drug-likeness (QED) is 0.00517. The van der Waals surface area contributed by atoms with E-state index < -0.39 is 11.8 Å². The Morgan fingerprint density at radius 1 is 0.505 bits per heavy atom. The molecule has 17 nitrogen and oxygen atoms in total. The SMILES string of the molecule is C#CCCCCl.C#CCCCCn1cc(C2=C(c3cn(CCCC#C)c4ccccc34)C(=O)NC2=O)c2ccccc21.C#CCCCCn1cc(CC(N)=O)c2ccccc21.C#CCCCn1cc(C(=O)C(=O)OC)c2ccccc21.CN(C)C#N.NC(=O)Cc1c[nH]c2ccccc12. The maximum absolute atomic E-state index is 13.2. The van der Waals surface area contributed by atoms with Gasteiger partial charge in [-0.2, -0.15) is 5.26 Å². The number of Topliss-reactive ketones (excluding diaryl/α,β-unsaturated/α-hetero) is 1. The minimum Gasteiger partial charge on any atom is -0.463 e. The molecule has 506 valence electrons. The van der Waals surface area contributed by atoms with Crippen LogP contribution in [0.25, 0.3) is 65.7 Å². The number of para-hydroxylation sites is 5. The number of nitrogens with two attached hydrogens (primary N) is 2. The van der Waals surface area contributed by atoms with Gasteiger partial charge in [-0.25, -0.2) is 4.79 Å². The highest BCUT2D eigenvalue weighted by molar-refractivity contribution is 6.51. The number of carbonyl (C=O) groups is 6. The fourth-order valence-corrected chi connectivity index (χ4v) is 11.4. The van der Waals surface area contributed by atoms with Gasteiger partial charge < -0.3 is 44.4 Å². The Kier molecular flexibility index (Phi) is 30.7. The molecule has 10 aromatic rings. The number of hydrogen-bond acceptors (Lipinski definition) is 9. The number of halogens is 1. The summed E-state index contributed by atoms with van der Waals surface area (Å²) in [7, 11) is 4.59. The average molecular weight is 1340 g/mol. The number of unbranched alkanes of at least 4 members (excludes halogenated alkanes) is 7. The number of hydrogen-bond donors (Lipinski definition) is 4. The molecule has 1 aliphatic heterocycles. The molecule has 0 unspecified atom stereocenters. The fraction of sp³-hybridized carbons (Fsp3) is 0.272. The lowest BCUT2D eigenvalue weighted by Crippen LogP contribution is -2.22. The lowest BCUT2D eigenvalue weighted by Gasteiger charge is -2.04. The number of terminal acetylenes is 5. The maximum atomic E-state index is 13.2. The number of fused-ring (bicyclic) bond motifs is 5. The highest BCUT2D eigenvalue weighted by atomic mass is 35.5. The van der Waals surface area contributed by atoms with Gasteiger partial charge in [0.25, 0.3) is 17.6 Å². The number of nitrogens with one attached hydrogen (secondary N) is 2. The first-order chi connectivity index (χ1) is 48.0. The van der Waals surface area contributed by atoms with Crippen LogP contribution >= 0.6 is 11.6 Å². The predicted octanol–water partition coefficient (Wildman–Crippen LogP) is 13.1. The minimum atomic E-state index is -0.850. The number of ketones is 1. The van der Waals surface area contributed by atoms with Crippen LogP contribution in [-0.2, 0) is 67.7 Å². The molecule has 0 saturated carbocycles. The van der Waals surface area contributed by atoms with Crippen molar-refractivity contribution in [1.29, 1.82) is 5.26 Å². The van der Waals surface area contributed by atoms with Crippen LogP contribution in [0.1, 0.15) is 110 Å². The molecule has 99 heavy (non-hydrogen) atoms. The van der Waals surface area contributed by atoms with Gasteiger partial charge in [-0.3, -0.25) is 29.3 Å². The standard InChI is InChI=1S/C31H27N3O2.C16H18N2O.C16H15NO3.C10H10N2O.C5H7Cl.C3H6N2/c1-3-5-7-13-19-34-21-25(23-15-9-11-17-27(23)34)29-28(30(35)32-31(29)36)24-20-33(18-12-6-4-2)26-16-10-8-14-22(24)26;1-2-3-4-7-10-18-12-13(11-16(17)19)14-8-5-6-9-15(14)18;1-3-4-7-10-17-11-13(15(18)16(19)20-2)12-8-5-6-9-14(12)17;11-10(13)5-7-6-12-9-4-2-1-3-8(7)9;1-2-3-4-5-6;1-5(2)3-4/h1-2,8-11,14-17,20-21H,5-7,12-13,18-19H2,(H,32,35,36);1,5-6,8-9,12H,3-4,7,10-11H2,(H2,17,19);1,5-6,8-9,11H,4,7,10H2,2H3;1-4,6,12H,5H2,(H2,11,13);1H,3-5H2;1-2H3. The summed E-state index contributed by atoms with van der Waals surface area (Å²) in [4.78, 5) is 76.2. The molecule has 0 radical (unpaired) electrons.